The first kappa shape index (κ1) is 9.99. The molecule has 1 aliphatic carbocycles. The van der Waals surface area contributed by atoms with E-state index in [1.807, 2.05) is 0 Å². The van der Waals surface area contributed by atoms with Gasteiger partial charge in [0.2, 0.25) is 10.0 Å². The lowest BCUT2D eigenvalue weighted by atomic mass is 9.82. The minimum Gasteiger partial charge on any atom is -0.218 e. The fourth-order valence-corrected chi connectivity index (χ4v) is 2.45. The second-order valence-corrected chi connectivity index (χ2v) is 5.90. The fraction of sp³-hybridized carbons (Fsp3) is 1.00. The minimum atomic E-state index is -3.02. The predicted octanol–water partition coefficient (Wildman–Crippen LogP) is 1.11. The van der Waals surface area contributed by atoms with E-state index in [0.29, 0.717) is 5.92 Å². The summed E-state index contributed by atoms with van der Waals surface area (Å²) in [5.74, 6) is 0.656. The molecular formula is C8H17NO2S. The maximum atomic E-state index is 11.3. The highest BCUT2D eigenvalue weighted by atomic mass is 32.2. The first-order valence-corrected chi connectivity index (χ1v) is 6.03. The highest BCUT2D eigenvalue weighted by Crippen LogP contribution is 2.31. The molecule has 0 bridgehead atoms. The summed E-state index contributed by atoms with van der Waals surface area (Å²) in [6.45, 7) is 1.78. The van der Waals surface area contributed by atoms with E-state index in [1.54, 1.807) is 6.92 Å². The average Bonchev–Trinajstić information content (AvgIpc) is 1.96. The van der Waals surface area contributed by atoms with Crippen LogP contribution >= 0.6 is 0 Å². The highest BCUT2D eigenvalue weighted by Gasteiger charge is 2.26. The van der Waals surface area contributed by atoms with Crippen molar-refractivity contribution in [2.75, 3.05) is 7.05 Å². The van der Waals surface area contributed by atoms with Gasteiger partial charge < -0.3 is 0 Å². The summed E-state index contributed by atoms with van der Waals surface area (Å²) >= 11 is 0. The van der Waals surface area contributed by atoms with Gasteiger partial charge in [-0.1, -0.05) is 19.3 Å². The van der Waals surface area contributed by atoms with Gasteiger partial charge in [-0.05, 0) is 26.3 Å². The van der Waals surface area contributed by atoms with E-state index >= 15 is 0 Å². The monoisotopic (exact) mass is 191 g/mol. The summed E-state index contributed by atoms with van der Waals surface area (Å²) in [6, 6.07) is 0. The van der Waals surface area contributed by atoms with Gasteiger partial charge in [0.15, 0.2) is 0 Å². The van der Waals surface area contributed by atoms with E-state index in [2.05, 4.69) is 4.72 Å². The lowest BCUT2D eigenvalue weighted by molar-refractivity contribution is 0.293. The van der Waals surface area contributed by atoms with Crippen molar-refractivity contribution >= 4 is 10.0 Å². The molecule has 0 aromatic rings. The second kappa shape index (κ2) is 3.75. The quantitative estimate of drug-likeness (QED) is 0.723. The molecule has 1 rings (SSSR count). The summed E-state index contributed by atoms with van der Waals surface area (Å²) in [6.07, 6.45) is 4.52. The van der Waals surface area contributed by atoms with Crippen LogP contribution in [0.15, 0.2) is 0 Å². The molecule has 0 spiro atoms. The van der Waals surface area contributed by atoms with Gasteiger partial charge in [0.25, 0.3) is 0 Å². The molecule has 1 atom stereocenters. The van der Waals surface area contributed by atoms with Gasteiger partial charge in [0, 0.05) is 0 Å². The Bertz CT molecular complexity index is 231. The number of hydrogen-bond acceptors (Lipinski definition) is 2. The molecule has 1 aliphatic rings. The predicted molar refractivity (Wildman–Crippen MR) is 49.4 cm³/mol. The van der Waals surface area contributed by atoms with Crippen LogP contribution in [0, 0.1) is 5.92 Å². The second-order valence-electron chi connectivity index (χ2n) is 3.59. The zero-order valence-electron chi connectivity index (χ0n) is 7.71. The Balaban J connectivity index is 2.41. The molecular weight excluding hydrogens is 174 g/mol. The first-order valence-electron chi connectivity index (χ1n) is 4.48. The topological polar surface area (TPSA) is 46.2 Å². The van der Waals surface area contributed by atoms with Crippen molar-refractivity contribution < 1.29 is 8.42 Å². The molecule has 0 saturated heterocycles. The van der Waals surface area contributed by atoms with E-state index in [9.17, 15) is 8.42 Å². The highest BCUT2D eigenvalue weighted by molar-refractivity contribution is 7.90. The maximum absolute atomic E-state index is 11.3. The maximum Gasteiger partial charge on any atom is 0.213 e. The van der Waals surface area contributed by atoms with E-state index in [4.69, 9.17) is 0 Å². The Hall–Kier alpha value is -0.0900. The van der Waals surface area contributed by atoms with Crippen LogP contribution in [-0.4, -0.2) is 20.7 Å². The standard InChI is InChI=1S/C8H17NO2S/c1-7(12(10,11)9-2)6-8-4-3-5-8/h7-9H,3-6H2,1-2H3. The van der Waals surface area contributed by atoms with Crippen LogP contribution in [0.4, 0.5) is 0 Å². The number of rotatable bonds is 4. The van der Waals surface area contributed by atoms with Crippen LogP contribution < -0.4 is 4.72 Å². The normalized spacial score (nSPS) is 21.8. The molecule has 1 fully saturated rings. The van der Waals surface area contributed by atoms with E-state index in [1.165, 1.54) is 26.3 Å². The molecule has 1 unspecified atom stereocenters. The van der Waals surface area contributed by atoms with Crippen LogP contribution in [0.25, 0.3) is 0 Å². The molecule has 12 heavy (non-hydrogen) atoms. The smallest absolute Gasteiger partial charge is 0.213 e. The van der Waals surface area contributed by atoms with Gasteiger partial charge in [-0.2, -0.15) is 0 Å². The summed E-state index contributed by atoms with van der Waals surface area (Å²) in [4.78, 5) is 0. The minimum absolute atomic E-state index is 0.229. The number of nitrogens with one attached hydrogen (secondary N) is 1. The molecule has 0 amide bonds. The SMILES string of the molecule is CNS(=O)(=O)C(C)CC1CCC1. The van der Waals surface area contributed by atoms with Gasteiger partial charge in [0.1, 0.15) is 0 Å². The van der Waals surface area contributed by atoms with Crippen molar-refractivity contribution in [3.8, 4) is 0 Å². The Labute approximate surface area is 74.6 Å². The third-order valence-corrected chi connectivity index (χ3v) is 4.53. The average molecular weight is 191 g/mol. The Morgan fingerprint density at radius 2 is 2.08 bits per heavy atom. The van der Waals surface area contributed by atoms with Gasteiger partial charge >= 0.3 is 0 Å². The zero-order valence-corrected chi connectivity index (χ0v) is 8.52. The molecule has 1 saturated carbocycles. The summed E-state index contributed by atoms with van der Waals surface area (Å²) in [7, 11) is -1.54. The lowest BCUT2D eigenvalue weighted by Crippen LogP contribution is -2.32. The first-order chi connectivity index (χ1) is 5.56. The van der Waals surface area contributed by atoms with Gasteiger partial charge in [0.05, 0.1) is 5.25 Å². The summed E-state index contributed by atoms with van der Waals surface area (Å²) < 4.78 is 24.9. The molecule has 0 radical (unpaired) electrons. The third-order valence-electron chi connectivity index (χ3n) is 2.70. The van der Waals surface area contributed by atoms with Crippen molar-refractivity contribution in [2.24, 2.45) is 5.92 Å². The number of sulfonamides is 1. The lowest BCUT2D eigenvalue weighted by Gasteiger charge is -2.27. The van der Waals surface area contributed by atoms with Crippen molar-refractivity contribution in [3.63, 3.8) is 0 Å². The zero-order chi connectivity index (χ0) is 9.19. The van der Waals surface area contributed by atoms with E-state index in [0.717, 1.165) is 6.42 Å². The Morgan fingerprint density at radius 1 is 1.50 bits per heavy atom. The number of hydrogen-bond donors (Lipinski definition) is 1. The van der Waals surface area contributed by atoms with Crippen molar-refractivity contribution in [2.45, 2.75) is 37.9 Å². The Morgan fingerprint density at radius 3 is 2.42 bits per heavy atom. The molecule has 3 nitrogen and oxygen atoms in total. The molecule has 72 valence electrons. The van der Waals surface area contributed by atoms with Gasteiger partial charge in [-0.25, -0.2) is 13.1 Å². The van der Waals surface area contributed by atoms with Gasteiger partial charge in [-0.15, -0.1) is 0 Å². The molecule has 0 aromatic carbocycles. The Kier molecular flexibility index (Phi) is 3.12. The van der Waals surface area contributed by atoms with Crippen LogP contribution in [0.2, 0.25) is 0 Å². The van der Waals surface area contributed by atoms with Crippen LogP contribution in [0.1, 0.15) is 32.6 Å². The van der Waals surface area contributed by atoms with Gasteiger partial charge in [-0.3, -0.25) is 0 Å². The molecule has 0 aliphatic heterocycles. The van der Waals surface area contributed by atoms with Crippen LogP contribution in [-0.2, 0) is 10.0 Å². The molecule has 4 heteroatoms. The summed E-state index contributed by atoms with van der Waals surface area (Å²) in [5, 5.41) is -0.229. The van der Waals surface area contributed by atoms with E-state index in [-0.39, 0.29) is 5.25 Å². The largest absolute Gasteiger partial charge is 0.218 e. The third kappa shape index (κ3) is 2.20. The van der Waals surface area contributed by atoms with Crippen molar-refractivity contribution in [3.05, 3.63) is 0 Å². The van der Waals surface area contributed by atoms with Crippen molar-refractivity contribution in [1.82, 2.24) is 4.72 Å². The van der Waals surface area contributed by atoms with E-state index < -0.39 is 10.0 Å². The van der Waals surface area contributed by atoms with Crippen LogP contribution in [0.5, 0.6) is 0 Å². The molecule has 1 N–H and O–H groups in total. The fourth-order valence-electron chi connectivity index (χ4n) is 1.53. The molecule has 0 aromatic heterocycles. The molecule has 0 heterocycles. The van der Waals surface area contributed by atoms with Crippen LogP contribution in [0.3, 0.4) is 0 Å². The summed E-state index contributed by atoms with van der Waals surface area (Å²) in [5.41, 5.74) is 0. The van der Waals surface area contributed by atoms with Crippen molar-refractivity contribution in [1.29, 1.82) is 0 Å².